The van der Waals surface area contributed by atoms with Crippen molar-refractivity contribution in [1.82, 2.24) is 10.2 Å². The number of H-pyrrole nitrogens is 1. The van der Waals surface area contributed by atoms with Crippen LogP contribution in [0.2, 0.25) is 0 Å². The van der Waals surface area contributed by atoms with Crippen molar-refractivity contribution in [2.45, 2.75) is 6.50 Å². The molecule has 0 saturated heterocycles. The Labute approximate surface area is 181 Å². The van der Waals surface area contributed by atoms with Gasteiger partial charge in [0.05, 0.1) is 23.4 Å². The number of aliphatic imine (C=N–C) groups is 1. The Morgan fingerprint density at radius 3 is 2.74 bits per heavy atom. The third-order valence-electron chi connectivity index (χ3n) is 5.15. The number of nitrogens with two attached hydrogens (primary N) is 2. The summed E-state index contributed by atoms with van der Waals surface area (Å²) in [5.74, 6) is 0. The first kappa shape index (κ1) is 17.6. The van der Waals surface area contributed by atoms with Crippen LogP contribution in [0, 0.1) is 6.57 Å². The second-order valence-corrected chi connectivity index (χ2v) is 6.75. The van der Waals surface area contributed by atoms with Gasteiger partial charge in [0.2, 0.25) is 5.69 Å². The molecule has 7 nitrogen and oxygen atoms in total. The molecule has 0 fully saturated rings. The molecule has 5 N–H and O–H groups in total. The highest BCUT2D eigenvalue weighted by atomic mass is 16.1. The minimum absolute atomic E-state index is 0.0992. The number of nitrogens with zero attached hydrogens (tertiary/aromatic N) is 3. The van der Waals surface area contributed by atoms with E-state index in [0.29, 0.717) is 28.1 Å². The summed E-state index contributed by atoms with van der Waals surface area (Å²) in [7, 11) is 1.61. The number of fused-ring (bicyclic) bond motifs is 2. The van der Waals surface area contributed by atoms with Crippen molar-refractivity contribution in [3.8, 4) is 0 Å². The fourth-order valence-corrected chi connectivity index (χ4v) is 3.71. The number of hydrogen-bond donors (Lipinski definition) is 3. The van der Waals surface area contributed by atoms with Crippen molar-refractivity contribution >= 4 is 38.5 Å². The van der Waals surface area contributed by atoms with E-state index in [0.717, 1.165) is 10.8 Å². The van der Waals surface area contributed by atoms with Crippen molar-refractivity contribution in [3.63, 3.8) is 0 Å². The van der Waals surface area contributed by atoms with E-state index in [1.54, 1.807) is 25.2 Å². The van der Waals surface area contributed by atoms with Gasteiger partial charge in [-0.3, -0.25) is 9.79 Å². The van der Waals surface area contributed by atoms with Crippen LogP contribution in [0.4, 0.5) is 5.69 Å². The van der Waals surface area contributed by atoms with E-state index in [4.69, 9.17) is 20.8 Å². The van der Waals surface area contributed by atoms with Gasteiger partial charge in [-0.25, -0.2) is 9.94 Å². The van der Waals surface area contributed by atoms with E-state index in [2.05, 4.69) is 20.0 Å². The van der Waals surface area contributed by atoms with Gasteiger partial charge in [-0.1, -0.05) is 42.5 Å². The molecule has 152 valence electrons. The number of benzene rings is 3. The van der Waals surface area contributed by atoms with Crippen LogP contribution < -0.4 is 17.0 Å². The summed E-state index contributed by atoms with van der Waals surface area (Å²) in [6.45, 7) is 5.51. The van der Waals surface area contributed by atoms with E-state index in [9.17, 15) is 4.79 Å². The van der Waals surface area contributed by atoms with Crippen LogP contribution in [0.5, 0.6) is 0 Å². The summed E-state index contributed by atoms with van der Waals surface area (Å²) in [5, 5.41) is 8.36. The van der Waals surface area contributed by atoms with Gasteiger partial charge in [0.25, 0.3) is 5.56 Å². The fraction of sp³-hybridized carbons (Fsp3) is 0.0833. The van der Waals surface area contributed by atoms with Gasteiger partial charge >= 0.3 is 0 Å². The van der Waals surface area contributed by atoms with E-state index in [-0.39, 0.29) is 16.5 Å². The van der Waals surface area contributed by atoms with Gasteiger partial charge in [0.1, 0.15) is 0 Å². The summed E-state index contributed by atoms with van der Waals surface area (Å²) in [4.78, 5) is 20.4. The van der Waals surface area contributed by atoms with Crippen molar-refractivity contribution in [2.75, 3.05) is 7.05 Å². The monoisotopic (exact) mass is 410 g/mol. The molecule has 0 aliphatic heterocycles. The molecule has 31 heavy (non-hydrogen) atoms. The number of aromatic amines is 1. The van der Waals surface area contributed by atoms with Gasteiger partial charge < -0.3 is 11.5 Å². The predicted molar refractivity (Wildman–Crippen MR) is 125 cm³/mol. The topological polar surface area (TPSA) is 115 Å². The van der Waals surface area contributed by atoms with Crippen LogP contribution in [-0.2, 0) is 6.50 Å². The van der Waals surface area contributed by atoms with Crippen molar-refractivity contribution < 1.29 is 2.74 Å². The first-order valence-electron chi connectivity index (χ1n) is 10.4. The number of hydrogen-bond acceptors (Lipinski definition) is 5. The molecule has 0 aliphatic carbocycles. The molecule has 0 bridgehead atoms. The molecule has 1 aromatic heterocycles. The highest BCUT2D eigenvalue weighted by Gasteiger charge is 2.18. The molecular formula is C24H20N6O. The summed E-state index contributed by atoms with van der Waals surface area (Å²) < 4.78 is 15.8. The van der Waals surface area contributed by atoms with Gasteiger partial charge in [0.15, 0.2) is 0 Å². The molecule has 4 aromatic rings. The SMILES string of the molecule is [2H]C([2H])(N)c1n[nH]c(=O)c2ccc(/C(=C/N)C(=NC)c3ccc4ccccc4c3[N+]#[C-])cc12. The second-order valence-electron chi connectivity index (χ2n) is 6.75. The summed E-state index contributed by atoms with van der Waals surface area (Å²) in [6.07, 6.45) is 1.38. The van der Waals surface area contributed by atoms with Crippen molar-refractivity contribution in [3.05, 3.63) is 99.4 Å². The maximum Gasteiger partial charge on any atom is 0.272 e. The number of rotatable bonds is 4. The predicted octanol–water partition coefficient (Wildman–Crippen LogP) is 3.50. The van der Waals surface area contributed by atoms with Crippen LogP contribution in [0.25, 0.3) is 32.0 Å². The second kappa shape index (κ2) is 8.22. The van der Waals surface area contributed by atoms with Gasteiger partial charge in [-0.05, 0) is 28.5 Å². The van der Waals surface area contributed by atoms with Gasteiger partial charge in [-0.2, -0.15) is 5.10 Å². The zero-order valence-electron chi connectivity index (χ0n) is 18.7. The van der Waals surface area contributed by atoms with Crippen molar-refractivity contribution in [2.24, 2.45) is 16.5 Å². The Morgan fingerprint density at radius 1 is 1.23 bits per heavy atom. The molecule has 0 atom stereocenters. The average molecular weight is 410 g/mol. The molecular weight excluding hydrogens is 388 g/mol. The quantitative estimate of drug-likeness (QED) is 0.353. The standard InChI is InChI=1S/C24H20N6O/c1-27-22-16-6-4-3-5-14(16)7-10-18(22)23(28-2)20(12-25)15-8-9-17-19(11-15)21(13-26)29-30-24(17)31/h3-12H,13,25-26H2,2H3,(H,30,31)/b20-12-,28-23?/i13D2. The molecule has 4 rings (SSSR count). The lowest BCUT2D eigenvalue weighted by Crippen LogP contribution is -2.14. The maximum atomic E-state index is 12.3. The van der Waals surface area contributed by atoms with Crippen LogP contribution >= 0.6 is 0 Å². The van der Waals surface area contributed by atoms with Crippen LogP contribution in [0.1, 0.15) is 19.6 Å². The Morgan fingerprint density at radius 2 is 2.03 bits per heavy atom. The molecule has 0 amide bonds. The van der Waals surface area contributed by atoms with E-state index >= 15 is 0 Å². The third-order valence-corrected chi connectivity index (χ3v) is 5.15. The molecule has 0 radical (unpaired) electrons. The first-order chi connectivity index (χ1) is 15.8. The van der Waals surface area contributed by atoms with Gasteiger partial charge in [-0.15, -0.1) is 0 Å². The Kier molecular flexibility index (Phi) is 4.66. The number of aromatic nitrogens is 2. The molecule has 0 aliphatic rings. The minimum Gasteiger partial charge on any atom is -0.404 e. The Hall–Kier alpha value is -4.28. The third kappa shape index (κ3) is 3.35. The molecule has 0 unspecified atom stereocenters. The highest BCUT2D eigenvalue weighted by molar-refractivity contribution is 6.34. The normalized spacial score (nSPS) is 13.7. The largest absolute Gasteiger partial charge is 0.404 e. The van der Waals surface area contributed by atoms with Crippen LogP contribution in [-0.4, -0.2) is 23.0 Å². The Balaban J connectivity index is 1.95. The zero-order chi connectivity index (χ0) is 23.8. The lowest BCUT2D eigenvalue weighted by molar-refractivity contribution is 0.900. The smallest absolute Gasteiger partial charge is 0.272 e. The summed E-state index contributed by atoms with van der Waals surface area (Å²) in [5.41, 5.74) is 13.8. The molecule has 3 aromatic carbocycles. The first-order valence-corrected chi connectivity index (χ1v) is 9.41. The van der Waals surface area contributed by atoms with Gasteiger partial charge in [0, 0.05) is 39.0 Å². The van der Waals surface area contributed by atoms with Crippen molar-refractivity contribution in [1.29, 1.82) is 0 Å². The summed E-state index contributed by atoms with van der Waals surface area (Å²) >= 11 is 0. The summed E-state index contributed by atoms with van der Waals surface area (Å²) in [6, 6.07) is 16.2. The lowest BCUT2D eigenvalue weighted by atomic mass is 9.92. The van der Waals surface area contributed by atoms with E-state index < -0.39 is 12.1 Å². The van der Waals surface area contributed by atoms with Crippen LogP contribution in [0.3, 0.4) is 0 Å². The highest BCUT2D eigenvalue weighted by Crippen LogP contribution is 2.34. The number of allylic oxidation sites excluding steroid dienone is 1. The molecule has 7 heteroatoms. The van der Waals surface area contributed by atoms with E-state index in [1.807, 2.05) is 36.4 Å². The lowest BCUT2D eigenvalue weighted by Gasteiger charge is -2.15. The molecule has 0 saturated carbocycles. The molecule has 0 spiro atoms. The zero-order valence-corrected chi connectivity index (χ0v) is 16.7. The Bertz CT molecular complexity index is 1560. The minimum atomic E-state index is -2.27. The van der Waals surface area contributed by atoms with E-state index in [1.165, 1.54) is 6.20 Å². The average Bonchev–Trinajstić information content (AvgIpc) is 2.81. The molecule has 1 heterocycles. The van der Waals surface area contributed by atoms with Crippen LogP contribution in [0.15, 0.2) is 70.6 Å². The number of nitrogens with one attached hydrogen (secondary N) is 1. The fourth-order valence-electron chi connectivity index (χ4n) is 3.71. The maximum absolute atomic E-state index is 12.3.